The van der Waals surface area contributed by atoms with Crippen LogP contribution in [0.4, 0.5) is 4.79 Å². The molecule has 0 saturated heterocycles. The summed E-state index contributed by atoms with van der Waals surface area (Å²) in [5, 5.41) is 9.77. The first kappa shape index (κ1) is 18.9. The van der Waals surface area contributed by atoms with Gasteiger partial charge >= 0.3 is 12.1 Å². The largest absolute Gasteiger partial charge is 0.465 e. The molecule has 1 aromatic rings. The molecule has 0 aliphatic heterocycles. The highest BCUT2D eigenvalue weighted by Crippen LogP contribution is 2.05. The predicted octanol–water partition coefficient (Wildman–Crippen LogP) is 1.20. The second kappa shape index (κ2) is 10.6. The van der Waals surface area contributed by atoms with Crippen LogP contribution >= 0.6 is 0 Å². The molecule has 1 N–H and O–H groups in total. The van der Waals surface area contributed by atoms with Crippen molar-refractivity contribution >= 4 is 12.1 Å². The number of amides is 1. The van der Waals surface area contributed by atoms with Crippen LogP contribution in [0.5, 0.6) is 0 Å². The van der Waals surface area contributed by atoms with Crippen molar-refractivity contribution in [3.8, 4) is 0 Å². The number of carbonyl (C=O) groups is 2. The first-order valence-electron chi connectivity index (χ1n) is 7.35. The zero-order valence-electron chi connectivity index (χ0n) is 13.4. The quantitative estimate of drug-likeness (QED) is 0.687. The van der Waals surface area contributed by atoms with Crippen molar-refractivity contribution in [2.75, 3.05) is 33.4 Å². The Morgan fingerprint density at radius 1 is 1.22 bits per heavy atom. The van der Waals surface area contributed by atoms with Gasteiger partial charge in [0.15, 0.2) is 0 Å². The maximum atomic E-state index is 12.1. The molecule has 1 amide bonds. The van der Waals surface area contributed by atoms with Crippen molar-refractivity contribution in [3.63, 3.8) is 0 Å². The van der Waals surface area contributed by atoms with Gasteiger partial charge in [0.1, 0.15) is 13.2 Å². The maximum Gasteiger partial charge on any atom is 0.410 e. The molecule has 0 fully saturated rings. The molecule has 0 spiro atoms. The summed E-state index contributed by atoms with van der Waals surface area (Å²) >= 11 is 0. The smallest absolute Gasteiger partial charge is 0.410 e. The number of esters is 1. The normalized spacial score (nSPS) is 11.6. The lowest BCUT2D eigenvalue weighted by Gasteiger charge is -2.23. The predicted molar refractivity (Wildman–Crippen MR) is 82.7 cm³/mol. The number of hydrogen-bond acceptors (Lipinski definition) is 6. The Labute approximate surface area is 135 Å². The van der Waals surface area contributed by atoms with Crippen molar-refractivity contribution in [2.24, 2.45) is 0 Å². The van der Waals surface area contributed by atoms with E-state index in [0.29, 0.717) is 0 Å². The van der Waals surface area contributed by atoms with Gasteiger partial charge in [-0.2, -0.15) is 0 Å². The van der Waals surface area contributed by atoms with E-state index in [-0.39, 0.29) is 32.9 Å². The van der Waals surface area contributed by atoms with Crippen LogP contribution in [-0.2, 0) is 25.6 Å². The Hall–Kier alpha value is -2.12. The van der Waals surface area contributed by atoms with Gasteiger partial charge in [0.2, 0.25) is 0 Å². The Balaban J connectivity index is 2.60. The molecule has 0 aliphatic rings. The first-order chi connectivity index (χ1) is 11.1. The lowest BCUT2D eigenvalue weighted by atomic mass is 10.2. The van der Waals surface area contributed by atoms with Crippen LogP contribution in [0.3, 0.4) is 0 Å². The van der Waals surface area contributed by atoms with Crippen molar-refractivity contribution < 1.29 is 28.9 Å². The summed E-state index contributed by atoms with van der Waals surface area (Å²) < 4.78 is 14.8. The van der Waals surface area contributed by atoms with Gasteiger partial charge in [-0.05, 0) is 12.5 Å². The van der Waals surface area contributed by atoms with Gasteiger partial charge in [-0.25, -0.2) is 4.79 Å². The Morgan fingerprint density at radius 2 is 1.91 bits per heavy atom. The molecule has 0 aliphatic carbocycles. The van der Waals surface area contributed by atoms with Gasteiger partial charge in [0.05, 0.1) is 25.9 Å². The number of rotatable bonds is 9. The second-order valence-corrected chi connectivity index (χ2v) is 4.83. The number of aliphatic hydroxyl groups excluding tert-OH is 1. The van der Waals surface area contributed by atoms with Gasteiger partial charge < -0.3 is 19.3 Å². The minimum atomic E-state index is -0.918. The molecule has 0 bridgehead atoms. The fraction of sp³-hybridized carbons (Fsp3) is 0.500. The third kappa shape index (κ3) is 7.62. The fourth-order valence-electron chi connectivity index (χ4n) is 1.88. The molecule has 0 saturated carbocycles. The summed E-state index contributed by atoms with van der Waals surface area (Å²) in [6, 6.07) is 9.18. The molecule has 0 radical (unpaired) electrons. The van der Waals surface area contributed by atoms with E-state index in [1.54, 1.807) is 6.92 Å². The molecule has 1 atom stereocenters. The number of hydrogen-bond donors (Lipinski definition) is 1. The van der Waals surface area contributed by atoms with Gasteiger partial charge in [-0.3, -0.25) is 9.69 Å². The van der Waals surface area contributed by atoms with Crippen molar-refractivity contribution in [1.29, 1.82) is 0 Å². The van der Waals surface area contributed by atoms with E-state index in [1.807, 2.05) is 30.3 Å². The molecule has 23 heavy (non-hydrogen) atoms. The van der Waals surface area contributed by atoms with Crippen LogP contribution in [0.1, 0.15) is 12.5 Å². The van der Waals surface area contributed by atoms with E-state index in [9.17, 15) is 14.7 Å². The third-order valence-electron chi connectivity index (χ3n) is 2.88. The summed E-state index contributed by atoms with van der Waals surface area (Å²) in [5.74, 6) is -0.561. The molecule has 128 valence electrons. The number of aliphatic hydroxyl groups is 1. The van der Waals surface area contributed by atoms with E-state index in [2.05, 4.69) is 0 Å². The molecule has 0 aromatic heterocycles. The summed E-state index contributed by atoms with van der Waals surface area (Å²) in [7, 11) is 1.44. The van der Waals surface area contributed by atoms with Crippen LogP contribution in [0.15, 0.2) is 30.3 Å². The Morgan fingerprint density at radius 3 is 2.52 bits per heavy atom. The molecular weight excluding hydrogens is 302 g/mol. The molecular formula is C16H23NO6. The van der Waals surface area contributed by atoms with Crippen LogP contribution in [0, 0.1) is 0 Å². The third-order valence-corrected chi connectivity index (χ3v) is 2.88. The summed E-state index contributed by atoms with van der Waals surface area (Å²) in [6.07, 6.45) is -1.62. The fourth-order valence-corrected chi connectivity index (χ4v) is 1.88. The number of ether oxygens (including phenoxy) is 3. The summed E-state index contributed by atoms with van der Waals surface area (Å²) in [5.41, 5.74) is 0.828. The Kier molecular flexibility index (Phi) is 8.71. The number of methoxy groups -OCH3 is 1. The SMILES string of the molecule is CCOC(=O)CN(CC(O)COC)C(=O)OCc1ccccc1. The number of benzene rings is 1. The van der Waals surface area contributed by atoms with E-state index < -0.39 is 18.2 Å². The molecule has 1 aromatic carbocycles. The summed E-state index contributed by atoms with van der Waals surface area (Å²) in [4.78, 5) is 24.8. The van der Waals surface area contributed by atoms with Crippen molar-refractivity contribution in [2.45, 2.75) is 19.6 Å². The van der Waals surface area contributed by atoms with Crippen LogP contribution < -0.4 is 0 Å². The second-order valence-electron chi connectivity index (χ2n) is 4.83. The lowest BCUT2D eigenvalue weighted by molar-refractivity contribution is -0.144. The van der Waals surface area contributed by atoms with Gasteiger partial charge in [0, 0.05) is 7.11 Å². The van der Waals surface area contributed by atoms with Crippen molar-refractivity contribution in [1.82, 2.24) is 4.90 Å². The minimum absolute atomic E-state index is 0.0469. The minimum Gasteiger partial charge on any atom is -0.465 e. The van der Waals surface area contributed by atoms with Gasteiger partial charge in [0.25, 0.3) is 0 Å². The highest BCUT2D eigenvalue weighted by Gasteiger charge is 2.22. The standard InChI is InChI=1S/C16H23NO6/c1-3-22-15(19)10-17(9-14(18)12-21-2)16(20)23-11-13-7-5-4-6-8-13/h4-8,14,18H,3,9-12H2,1-2H3. The van der Waals surface area contributed by atoms with Crippen molar-refractivity contribution in [3.05, 3.63) is 35.9 Å². The number of nitrogens with zero attached hydrogens (tertiary/aromatic N) is 1. The monoisotopic (exact) mass is 325 g/mol. The molecule has 7 heteroatoms. The van der Waals surface area contributed by atoms with E-state index in [0.717, 1.165) is 10.5 Å². The number of carbonyl (C=O) groups excluding carboxylic acids is 2. The molecule has 1 rings (SSSR count). The van der Waals surface area contributed by atoms with Crippen LogP contribution in [-0.4, -0.2) is 61.6 Å². The van der Waals surface area contributed by atoms with E-state index >= 15 is 0 Å². The maximum absolute atomic E-state index is 12.1. The molecule has 7 nitrogen and oxygen atoms in total. The zero-order valence-corrected chi connectivity index (χ0v) is 13.4. The highest BCUT2D eigenvalue weighted by molar-refractivity contribution is 5.78. The average molecular weight is 325 g/mol. The lowest BCUT2D eigenvalue weighted by Crippen LogP contribution is -2.42. The van der Waals surface area contributed by atoms with Crippen LogP contribution in [0.2, 0.25) is 0 Å². The van der Waals surface area contributed by atoms with E-state index in [4.69, 9.17) is 14.2 Å². The van der Waals surface area contributed by atoms with Crippen LogP contribution in [0.25, 0.3) is 0 Å². The zero-order chi connectivity index (χ0) is 17.1. The topological polar surface area (TPSA) is 85.3 Å². The average Bonchev–Trinajstić information content (AvgIpc) is 2.53. The van der Waals surface area contributed by atoms with Gasteiger partial charge in [-0.15, -0.1) is 0 Å². The first-order valence-corrected chi connectivity index (χ1v) is 7.35. The molecule has 0 heterocycles. The van der Waals surface area contributed by atoms with E-state index in [1.165, 1.54) is 7.11 Å². The molecule has 1 unspecified atom stereocenters. The van der Waals surface area contributed by atoms with Gasteiger partial charge in [-0.1, -0.05) is 30.3 Å². The highest BCUT2D eigenvalue weighted by atomic mass is 16.6. The Bertz CT molecular complexity index is 479. The summed E-state index contributed by atoms with van der Waals surface area (Å²) in [6.45, 7) is 1.65.